The summed E-state index contributed by atoms with van der Waals surface area (Å²) in [6.07, 6.45) is 1.19. The molecule has 1 fully saturated rings. The Kier molecular flexibility index (Phi) is 5.48. The second-order valence-electron chi connectivity index (χ2n) is 5.53. The van der Waals surface area contributed by atoms with Crippen molar-refractivity contribution in [3.63, 3.8) is 0 Å². The second-order valence-corrected chi connectivity index (χ2v) is 6.51. The van der Waals surface area contributed by atoms with E-state index in [0.29, 0.717) is 12.6 Å². The third-order valence-electron chi connectivity index (χ3n) is 4.07. The Morgan fingerprint density at radius 2 is 2.09 bits per heavy atom. The van der Waals surface area contributed by atoms with Gasteiger partial charge < -0.3 is 10.1 Å². The highest BCUT2D eigenvalue weighted by atomic mass is 32.1. The van der Waals surface area contributed by atoms with Gasteiger partial charge in [-0.05, 0) is 37.4 Å². The van der Waals surface area contributed by atoms with Crippen LogP contribution in [0, 0.1) is 0 Å². The minimum atomic E-state index is 0.294. The maximum absolute atomic E-state index is 5.90. The lowest BCUT2D eigenvalue weighted by atomic mass is 10.0. The zero-order valence-corrected chi connectivity index (χ0v) is 13.9. The van der Waals surface area contributed by atoms with Crippen LogP contribution in [0.15, 0.2) is 41.8 Å². The summed E-state index contributed by atoms with van der Waals surface area (Å²) >= 11 is 1.84. The average molecular weight is 316 g/mol. The van der Waals surface area contributed by atoms with Crippen molar-refractivity contribution in [3.8, 4) is 5.75 Å². The second kappa shape index (κ2) is 7.77. The van der Waals surface area contributed by atoms with Crippen molar-refractivity contribution in [2.45, 2.75) is 19.4 Å². The van der Waals surface area contributed by atoms with Crippen LogP contribution in [0.3, 0.4) is 0 Å². The van der Waals surface area contributed by atoms with Gasteiger partial charge >= 0.3 is 0 Å². The van der Waals surface area contributed by atoms with E-state index < -0.39 is 0 Å². The van der Waals surface area contributed by atoms with Gasteiger partial charge in [-0.1, -0.05) is 24.3 Å². The molecule has 118 valence electrons. The molecule has 1 atom stereocenters. The molecule has 0 amide bonds. The van der Waals surface area contributed by atoms with E-state index in [2.05, 4.69) is 52.0 Å². The van der Waals surface area contributed by atoms with Gasteiger partial charge in [-0.3, -0.25) is 4.90 Å². The Morgan fingerprint density at radius 1 is 1.18 bits per heavy atom. The van der Waals surface area contributed by atoms with Gasteiger partial charge in [0, 0.05) is 30.1 Å². The number of hydrogen-bond donors (Lipinski definition) is 1. The highest BCUT2D eigenvalue weighted by Gasteiger charge is 2.26. The minimum Gasteiger partial charge on any atom is -0.494 e. The molecule has 1 saturated heterocycles. The Balaban J connectivity index is 1.98. The predicted octanol–water partition coefficient (Wildman–Crippen LogP) is 3.53. The Bertz CT molecular complexity index is 562. The van der Waals surface area contributed by atoms with Crippen LogP contribution in [0.25, 0.3) is 0 Å². The lowest BCUT2D eigenvalue weighted by Gasteiger charge is -2.31. The fourth-order valence-corrected chi connectivity index (χ4v) is 3.97. The van der Waals surface area contributed by atoms with Gasteiger partial charge in [0.1, 0.15) is 5.75 Å². The lowest BCUT2D eigenvalue weighted by molar-refractivity contribution is 0.236. The van der Waals surface area contributed by atoms with Gasteiger partial charge in [0.05, 0.1) is 12.6 Å². The third kappa shape index (κ3) is 3.51. The largest absolute Gasteiger partial charge is 0.494 e. The summed E-state index contributed by atoms with van der Waals surface area (Å²) in [5, 5.41) is 5.67. The highest BCUT2D eigenvalue weighted by molar-refractivity contribution is 7.10. The number of nitrogens with zero attached hydrogens (tertiary/aromatic N) is 1. The zero-order valence-electron chi connectivity index (χ0n) is 13.1. The number of rotatable bonds is 5. The van der Waals surface area contributed by atoms with E-state index in [1.807, 2.05) is 18.3 Å². The predicted molar refractivity (Wildman–Crippen MR) is 92.8 cm³/mol. The lowest BCUT2D eigenvalue weighted by Crippen LogP contribution is -2.32. The molecule has 1 aliphatic rings. The van der Waals surface area contributed by atoms with Crippen LogP contribution in [0.2, 0.25) is 0 Å². The molecule has 0 spiro atoms. The number of hydrogen-bond acceptors (Lipinski definition) is 4. The van der Waals surface area contributed by atoms with Crippen molar-refractivity contribution in [2.24, 2.45) is 0 Å². The molecule has 22 heavy (non-hydrogen) atoms. The molecule has 1 aromatic heterocycles. The first-order valence-corrected chi connectivity index (χ1v) is 8.98. The number of benzene rings is 1. The van der Waals surface area contributed by atoms with Crippen molar-refractivity contribution in [1.29, 1.82) is 0 Å². The number of para-hydroxylation sites is 1. The normalized spacial score (nSPS) is 17.9. The summed E-state index contributed by atoms with van der Waals surface area (Å²) < 4.78 is 5.90. The SMILES string of the molecule is CCOc1ccccc1C(c1cccs1)N1CCCNCC1. The van der Waals surface area contributed by atoms with Gasteiger partial charge in [0.2, 0.25) is 0 Å². The molecular formula is C18H24N2OS. The number of nitrogens with one attached hydrogen (secondary N) is 1. The van der Waals surface area contributed by atoms with Gasteiger partial charge in [0.25, 0.3) is 0 Å². The molecule has 1 aromatic carbocycles. The number of thiophene rings is 1. The fourth-order valence-electron chi connectivity index (χ4n) is 3.09. The van der Waals surface area contributed by atoms with E-state index in [0.717, 1.165) is 31.9 Å². The molecule has 0 saturated carbocycles. The van der Waals surface area contributed by atoms with Gasteiger partial charge in [-0.15, -0.1) is 11.3 Å². The molecule has 1 unspecified atom stereocenters. The molecule has 1 N–H and O–H groups in total. The molecule has 4 heteroatoms. The first-order valence-electron chi connectivity index (χ1n) is 8.10. The molecule has 3 rings (SSSR count). The Morgan fingerprint density at radius 3 is 2.91 bits per heavy atom. The van der Waals surface area contributed by atoms with Crippen LogP contribution in [0.1, 0.15) is 29.8 Å². The summed E-state index contributed by atoms with van der Waals surface area (Å²) in [6, 6.07) is 13.2. The van der Waals surface area contributed by atoms with Crippen LogP contribution < -0.4 is 10.1 Å². The summed E-state index contributed by atoms with van der Waals surface area (Å²) in [7, 11) is 0. The van der Waals surface area contributed by atoms with Crippen molar-refractivity contribution in [2.75, 3.05) is 32.8 Å². The highest BCUT2D eigenvalue weighted by Crippen LogP contribution is 2.37. The van der Waals surface area contributed by atoms with E-state index in [4.69, 9.17) is 4.74 Å². The van der Waals surface area contributed by atoms with Crippen LogP contribution in [-0.2, 0) is 0 Å². The van der Waals surface area contributed by atoms with E-state index in [9.17, 15) is 0 Å². The van der Waals surface area contributed by atoms with Gasteiger partial charge in [-0.25, -0.2) is 0 Å². The molecule has 0 bridgehead atoms. The van der Waals surface area contributed by atoms with E-state index >= 15 is 0 Å². The topological polar surface area (TPSA) is 24.5 Å². The molecular weight excluding hydrogens is 292 g/mol. The zero-order chi connectivity index (χ0) is 15.2. The van der Waals surface area contributed by atoms with Crippen molar-refractivity contribution >= 4 is 11.3 Å². The van der Waals surface area contributed by atoms with Crippen LogP contribution in [0.5, 0.6) is 5.75 Å². The summed E-state index contributed by atoms with van der Waals surface area (Å²) in [6.45, 7) is 7.11. The van der Waals surface area contributed by atoms with E-state index in [1.165, 1.54) is 16.9 Å². The standard InChI is InChI=1S/C18H24N2OS/c1-2-21-16-8-4-3-7-15(16)18(17-9-5-14-22-17)20-12-6-10-19-11-13-20/h3-5,7-9,14,18-19H,2,6,10-13H2,1H3. The third-order valence-corrected chi connectivity index (χ3v) is 4.99. The average Bonchev–Trinajstić information content (AvgIpc) is 2.93. The molecule has 2 heterocycles. The van der Waals surface area contributed by atoms with Gasteiger partial charge in [-0.2, -0.15) is 0 Å². The maximum atomic E-state index is 5.90. The molecule has 1 aliphatic heterocycles. The minimum absolute atomic E-state index is 0.294. The van der Waals surface area contributed by atoms with E-state index in [1.54, 1.807) is 0 Å². The first kappa shape index (κ1) is 15.5. The van der Waals surface area contributed by atoms with E-state index in [-0.39, 0.29) is 0 Å². The molecule has 0 aliphatic carbocycles. The first-order chi connectivity index (χ1) is 10.9. The van der Waals surface area contributed by atoms with Crippen molar-refractivity contribution < 1.29 is 4.74 Å². The summed E-state index contributed by atoms with van der Waals surface area (Å²) in [4.78, 5) is 3.98. The maximum Gasteiger partial charge on any atom is 0.124 e. The quantitative estimate of drug-likeness (QED) is 0.913. The Labute approximate surface area is 136 Å². The Hall–Kier alpha value is -1.36. The van der Waals surface area contributed by atoms with Crippen molar-refractivity contribution in [3.05, 3.63) is 52.2 Å². The van der Waals surface area contributed by atoms with Crippen molar-refractivity contribution in [1.82, 2.24) is 10.2 Å². The molecule has 3 nitrogen and oxygen atoms in total. The number of ether oxygens (including phenoxy) is 1. The van der Waals surface area contributed by atoms with Crippen LogP contribution in [-0.4, -0.2) is 37.7 Å². The van der Waals surface area contributed by atoms with Crippen LogP contribution >= 0.6 is 11.3 Å². The summed E-state index contributed by atoms with van der Waals surface area (Å²) in [5.41, 5.74) is 1.29. The molecule has 0 radical (unpaired) electrons. The smallest absolute Gasteiger partial charge is 0.124 e. The fraction of sp³-hybridized carbons (Fsp3) is 0.444. The van der Waals surface area contributed by atoms with Crippen LogP contribution in [0.4, 0.5) is 0 Å². The monoisotopic (exact) mass is 316 g/mol. The summed E-state index contributed by atoms with van der Waals surface area (Å²) in [5.74, 6) is 1.01. The molecule has 2 aromatic rings. The van der Waals surface area contributed by atoms with Gasteiger partial charge in [0.15, 0.2) is 0 Å².